The molecule has 3 rings (SSSR count). The van der Waals surface area contributed by atoms with Gasteiger partial charge in [0.2, 0.25) is 6.43 Å². The van der Waals surface area contributed by atoms with E-state index < -0.39 is 12.3 Å². The molecular weight excluding hydrogens is 314 g/mol. The van der Waals surface area contributed by atoms with Gasteiger partial charge < -0.3 is 10.2 Å². The number of anilines is 1. The average Bonchev–Trinajstić information content (AvgIpc) is 2.96. The standard InChI is InChI=1S/C17H26F2N4O/c1-22-11-14(15(21-22)12-5-3-2-4-6-12)20-17(24)23-9-7-13(8-10-23)16(18)19/h11-13,16H,2-10H2,1H3,(H,20,24). The van der Waals surface area contributed by atoms with Crippen LogP contribution in [0, 0.1) is 5.92 Å². The number of piperidine rings is 1. The zero-order valence-electron chi connectivity index (χ0n) is 14.2. The van der Waals surface area contributed by atoms with E-state index in [1.807, 2.05) is 13.2 Å². The number of halogens is 2. The maximum Gasteiger partial charge on any atom is 0.321 e. The van der Waals surface area contributed by atoms with E-state index in [1.54, 1.807) is 9.58 Å². The second kappa shape index (κ2) is 7.49. The molecule has 2 fully saturated rings. The van der Waals surface area contributed by atoms with Gasteiger partial charge in [-0.2, -0.15) is 5.10 Å². The second-order valence-electron chi connectivity index (χ2n) is 7.03. The van der Waals surface area contributed by atoms with Gasteiger partial charge in [-0.25, -0.2) is 13.6 Å². The molecule has 1 N–H and O–H groups in total. The first-order chi connectivity index (χ1) is 11.5. The van der Waals surface area contributed by atoms with E-state index in [-0.39, 0.29) is 6.03 Å². The number of rotatable bonds is 3. The summed E-state index contributed by atoms with van der Waals surface area (Å²) in [5.74, 6) is -0.176. The first-order valence-corrected chi connectivity index (χ1v) is 8.92. The third-order valence-corrected chi connectivity index (χ3v) is 5.27. The van der Waals surface area contributed by atoms with Gasteiger partial charge in [0.25, 0.3) is 0 Å². The lowest BCUT2D eigenvalue weighted by Crippen LogP contribution is -2.42. The van der Waals surface area contributed by atoms with E-state index in [9.17, 15) is 13.6 Å². The minimum absolute atomic E-state index is 0.201. The molecule has 2 aliphatic rings. The molecule has 5 nitrogen and oxygen atoms in total. The van der Waals surface area contributed by atoms with E-state index in [4.69, 9.17) is 0 Å². The second-order valence-corrected chi connectivity index (χ2v) is 7.03. The number of alkyl halides is 2. The number of carbonyl (C=O) groups is 1. The van der Waals surface area contributed by atoms with Gasteiger partial charge in [-0.15, -0.1) is 0 Å². The molecule has 0 radical (unpaired) electrons. The Morgan fingerprint density at radius 1 is 1.21 bits per heavy atom. The van der Waals surface area contributed by atoms with Crippen molar-refractivity contribution in [3.63, 3.8) is 0 Å². The molecule has 7 heteroatoms. The minimum Gasteiger partial charge on any atom is -0.325 e. The first-order valence-electron chi connectivity index (χ1n) is 8.92. The van der Waals surface area contributed by atoms with Crippen molar-refractivity contribution in [3.05, 3.63) is 11.9 Å². The van der Waals surface area contributed by atoms with Crippen LogP contribution in [0.25, 0.3) is 0 Å². The van der Waals surface area contributed by atoms with Gasteiger partial charge in [-0.3, -0.25) is 4.68 Å². The number of carbonyl (C=O) groups excluding carboxylic acids is 1. The van der Waals surface area contributed by atoms with Gasteiger partial charge >= 0.3 is 6.03 Å². The van der Waals surface area contributed by atoms with Crippen LogP contribution in [0.15, 0.2) is 6.20 Å². The van der Waals surface area contributed by atoms with Crippen LogP contribution in [0.4, 0.5) is 19.3 Å². The highest BCUT2D eigenvalue weighted by atomic mass is 19.3. The lowest BCUT2D eigenvalue weighted by molar-refractivity contribution is 0.0433. The zero-order chi connectivity index (χ0) is 17.1. The summed E-state index contributed by atoms with van der Waals surface area (Å²) in [6, 6.07) is -0.201. The highest BCUT2D eigenvalue weighted by Gasteiger charge is 2.29. The SMILES string of the molecule is Cn1cc(NC(=O)N2CCC(C(F)F)CC2)c(C2CCCCC2)n1. The van der Waals surface area contributed by atoms with Crippen LogP contribution in [-0.2, 0) is 7.05 Å². The predicted octanol–water partition coefficient (Wildman–Crippen LogP) is 3.98. The van der Waals surface area contributed by atoms with Gasteiger partial charge in [0.1, 0.15) is 0 Å². The molecular formula is C17H26F2N4O. The van der Waals surface area contributed by atoms with Gasteiger partial charge in [0, 0.05) is 38.2 Å². The molecule has 0 unspecified atom stereocenters. The highest BCUT2D eigenvalue weighted by molar-refractivity contribution is 5.90. The molecule has 2 amide bonds. The summed E-state index contributed by atoms with van der Waals surface area (Å²) in [4.78, 5) is 14.1. The Balaban J connectivity index is 1.62. The number of urea groups is 1. The molecule has 1 aromatic rings. The largest absolute Gasteiger partial charge is 0.325 e. The number of aromatic nitrogens is 2. The van der Waals surface area contributed by atoms with Crippen LogP contribution in [0.1, 0.15) is 56.6 Å². The summed E-state index contributed by atoms with van der Waals surface area (Å²) in [5.41, 5.74) is 1.73. The fourth-order valence-electron chi connectivity index (χ4n) is 3.83. The number of nitrogens with zero attached hydrogens (tertiary/aromatic N) is 3. The van der Waals surface area contributed by atoms with Crippen molar-refractivity contribution in [2.75, 3.05) is 18.4 Å². The molecule has 0 atom stereocenters. The summed E-state index contributed by atoms with van der Waals surface area (Å²) in [5, 5.41) is 7.51. The molecule has 1 aliphatic heterocycles. The van der Waals surface area contributed by atoms with Gasteiger partial charge in [-0.1, -0.05) is 19.3 Å². The molecule has 1 saturated carbocycles. The molecule has 1 aliphatic carbocycles. The summed E-state index contributed by atoms with van der Waals surface area (Å²) in [6.07, 6.45) is 6.19. The number of hydrogen-bond acceptors (Lipinski definition) is 2. The van der Waals surface area contributed by atoms with E-state index in [1.165, 1.54) is 19.3 Å². The lowest BCUT2D eigenvalue weighted by atomic mass is 9.86. The fourth-order valence-corrected chi connectivity index (χ4v) is 3.83. The Morgan fingerprint density at radius 3 is 2.50 bits per heavy atom. The number of likely N-dealkylation sites (tertiary alicyclic amines) is 1. The summed E-state index contributed by atoms with van der Waals surface area (Å²) in [7, 11) is 1.86. The van der Waals surface area contributed by atoms with Crippen LogP contribution in [0.5, 0.6) is 0 Å². The van der Waals surface area contributed by atoms with Crippen molar-refractivity contribution < 1.29 is 13.6 Å². The van der Waals surface area contributed by atoms with Crippen LogP contribution in [-0.4, -0.2) is 40.2 Å². The summed E-state index contributed by atoms with van der Waals surface area (Å²) in [6.45, 7) is 0.778. The Kier molecular flexibility index (Phi) is 5.36. The Bertz CT molecular complexity index is 561. The van der Waals surface area contributed by atoms with Crippen LogP contribution < -0.4 is 5.32 Å². The number of nitrogens with one attached hydrogen (secondary N) is 1. The van der Waals surface area contributed by atoms with Gasteiger partial charge in [0.15, 0.2) is 0 Å². The van der Waals surface area contributed by atoms with Gasteiger partial charge in [-0.05, 0) is 25.7 Å². The molecule has 1 saturated heterocycles. The van der Waals surface area contributed by atoms with E-state index in [0.29, 0.717) is 31.8 Å². The maximum atomic E-state index is 12.7. The number of aryl methyl sites for hydroxylation is 1. The number of hydrogen-bond donors (Lipinski definition) is 1. The van der Waals surface area contributed by atoms with Crippen molar-refractivity contribution in [1.82, 2.24) is 14.7 Å². The minimum atomic E-state index is -2.29. The zero-order valence-corrected chi connectivity index (χ0v) is 14.2. The Morgan fingerprint density at radius 2 is 1.88 bits per heavy atom. The molecule has 24 heavy (non-hydrogen) atoms. The first kappa shape index (κ1) is 17.2. The normalized spacial score (nSPS) is 20.6. The van der Waals surface area contributed by atoms with Crippen molar-refractivity contribution in [2.45, 2.75) is 57.3 Å². The van der Waals surface area contributed by atoms with Crippen LogP contribution in [0.3, 0.4) is 0 Å². The van der Waals surface area contributed by atoms with Crippen molar-refractivity contribution in [2.24, 2.45) is 13.0 Å². The third kappa shape index (κ3) is 3.87. The van der Waals surface area contributed by atoms with E-state index in [2.05, 4.69) is 10.4 Å². The Hall–Kier alpha value is -1.66. The van der Waals surface area contributed by atoms with Crippen LogP contribution in [0.2, 0.25) is 0 Å². The molecule has 0 spiro atoms. The van der Waals surface area contributed by atoms with Crippen molar-refractivity contribution in [3.8, 4) is 0 Å². The quantitative estimate of drug-likeness (QED) is 0.905. The smallest absolute Gasteiger partial charge is 0.321 e. The fraction of sp³-hybridized carbons (Fsp3) is 0.765. The van der Waals surface area contributed by atoms with Crippen molar-refractivity contribution >= 4 is 11.7 Å². The molecule has 0 aromatic carbocycles. The van der Waals surface area contributed by atoms with Gasteiger partial charge in [0.05, 0.1) is 11.4 Å². The molecule has 0 bridgehead atoms. The predicted molar refractivity (Wildman–Crippen MR) is 88.4 cm³/mol. The number of amides is 2. The van der Waals surface area contributed by atoms with E-state index >= 15 is 0 Å². The third-order valence-electron chi connectivity index (χ3n) is 5.27. The summed E-state index contributed by atoms with van der Waals surface area (Å²) >= 11 is 0. The van der Waals surface area contributed by atoms with Crippen LogP contribution >= 0.6 is 0 Å². The Labute approximate surface area is 141 Å². The van der Waals surface area contributed by atoms with Crippen molar-refractivity contribution in [1.29, 1.82) is 0 Å². The average molecular weight is 340 g/mol. The maximum absolute atomic E-state index is 12.7. The molecule has 1 aromatic heterocycles. The highest BCUT2D eigenvalue weighted by Crippen LogP contribution is 2.35. The lowest BCUT2D eigenvalue weighted by Gasteiger charge is -2.31. The topological polar surface area (TPSA) is 50.2 Å². The summed E-state index contributed by atoms with van der Waals surface area (Å²) < 4.78 is 27.2. The molecule has 134 valence electrons. The monoisotopic (exact) mass is 340 g/mol. The van der Waals surface area contributed by atoms with E-state index in [0.717, 1.165) is 24.2 Å². The molecule has 2 heterocycles.